The first-order valence-corrected chi connectivity index (χ1v) is 12.7. The van der Waals surface area contributed by atoms with E-state index in [1.54, 1.807) is 23.3 Å². The summed E-state index contributed by atoms with van der Waals surface area (Å²) in [5, 5.41) is 7.71. The second-order valence-corrected chi connectivity index (χ2v) is 13.4. The topological polar surface area (TPSA) is 90.6 Å². The smallest absolute Gasteiger partial charge is 0.161 e. The fourth-order valence-electron chi connectivity index (χ4n) is 2.18. The zero-order valence-electron chi connectivity index (χ0n) is 14.4. The highest BCUT2D eigenvalue weighted by Crippen LogP contribution is 2.25. The summed E-state index contributed by atoms with van der Waals surface area (Å²) in [6, 6.07) is 1.12. The molecule has 0 fully saturated rings. The molecule has 0 saturated carbocycles. The first-order valence-electron chi connectivity index (χ1n) is 7.92. The summed E-state index contributed by atoms with van der Waals surface area (Å²) in [6.45, 7) is 8.10. The fraction of sp³-hybridized carbons (Fsp3) is 0.400. The Morgan fingerprint density at radius 3 is 2.76 bits per heavy atom. The number of ether oxygens (including phenoxy) is 1. The van der Waals surface area contributed by atoms with E-state index in [0.717, 1.165) is 27.4 Å². The monoisotopic (exact) mass is 469 g/mol. The molecular formula is C15H20IN7OSi. The normalized spacial score (nSPS) is 11.8. The summed E-state index contributed by atoms with van der Waals surface area (Å²) in [5.41, 5.74) is 1.58. The molecule has 132 valence electrons. The molecule has 0 radical (unpaired) electrons. The van der Waals surface area contributed by atoms with E-state index in [1.807, 2.05) is 0 Å². The summed E-state index contributed by atoms with van der Waals surface area (Å²) in [5.74, 6) is 1.25. The van der Waals surface area contributed by atoms with Crippen LogP contribution in [0.25, 0.3) is 11.0 Å². The van der Waals surface area contributed by atoms with Crippen molar-refractivity contribution in [3.8, 4) is 0 Å². The number of hydrogen-bond acceptors (Lipinski definition) is 7. The molecule has 3 rings (SSSR count). The van der Waals surface area contributed by atoms with Gasteiger partial charge < -0.3 is 10.1 Å². The van der Waals surface area contributed by atoms with Crippen LogP contribution in [0, 0.1) is 3.70 Å². The van der Waals surface area contributed by atoms with E-state index >= 15 is 0 Å². The van der Waals surface area contributed by atoms with Crippen molar-refractivity contribution in [2.45, 2.75) is 32.4 Å². The first-order chi connectivity index (χ1) is 11.9. The van der Waals surface area contributed by atoms with Crippen LogP contribution in [0.15, 0.2) is 24.9 Å². The number of nitrogens with one attached hydrogen (secondary N) is 1. The Bertz CT molecular complexity index is 850. The highest BCUT2D eigenvalue weighted by molar-refractivity contribution is 14.1. The molecule has 0 unspecified atom stereocenters. The van der Waals surface area contributed by atoms with E-state index in [4.69, 9.17) is 4.74 Å². The number of anilines is 2. The van der Waals surface area contributed by atoms with E-state index in [2.05, 4.69) is 72.6 Å². The molecule has 3 aromatic rings. The van der Waals surface area contributed by atoms with Crippen molar-refractivity contribution in [2.75, 3.05) is 11.9 Å². The minimum atomic E-state index is -1.11. The number of fused-ring (bicyclic) bond motifs is 1. The third-order valence-corrected chi connectivity index (χ3v) is 5.93. The molecule has 0 aliphatic carbocycles. The summed E-state index contributed by atoms with van der Waals surface area (Å²) in [6.07, 6.45) is 6.41. The van der Waals surface area contributed by atoms with E-state index in [0.29, 0.717) is 18.4 Å². The minimum Gasteiger partial charge on any atom is -0.360 e. The average Bonchev–Trinajstić information content (AvgIpc) is 2.89. The molecule has 3 heterocycles. The van der Waals surface area contributed by atoms with E-state index < -0.39 is 8.07 Å². The maximum Gasteiger partial charge on any atom is 0.161 e. The molecule has 10 heteroatoms. The fourth-order valence-corrected chi connectivity index (χ4v) is 3.59. The van der Waals surface area contributed by atoms with Gasteiger partial charge in [0.05, 0.1) is 6.20 Å². The van der Waals surface area contributed by atoms with Gasteiger partial charge in [-0.25, -0.2) is 19.6 Å². The van der Waals surface area contributed by atoms with Crippen LogP contribution in [0.5, 0.6) is 0 Å². The zero-order chi connectivity index (χ0) is 17.9. The third-order valence-electron chi connectivity index (χ3n) is 3.50. The molecule has 0 aromatic carbocycles. The van der Waals surface area contributed by atoms with E-state index in [1.165, 1.54) is 6.33 Å². The molecular weight excluding hydrogens is 449 g/mol. The van der Waals surface area contributed by atoms with Crippen molar-refractivity contribution in [1.29, 1.82) is 0 Å². The Morgan fingerprint density at radius 1 is 1.20 bits per heavy atom. The number of halogens is 1. The van der Waals surface area contributed by atoms with E-state index in [-0.39, 0.29) is 0 Å². The van der Waals surface area contributed by atoms with Crippen LogP contribution < -0.4 is 5.32 Å². The Hall–Kier alpha value is -1.66. The molecule has 1 N–H and O–H groups in total. The van der Waals surface area contributed by atoms with Gasteiger partial charge in [-0.05, 0) is 28.6 Å². The lowest BCUT2D eigenvalue weighted by Crippen LogP contribution is -2.22. The molecule has 3 aromatic heterocycles. The summed E-state index contributed by atoms with van der Waals surface area (Å²) in [4.78, 5) is 17.0. The Morgan fingerprint density at radius 2 is 2.04 bits per heavy atom. The molecule has 0 bridgehead atoms. The lowest BCUT2D eigenvalue weighted by atomic mass is 10.4. The molecule has 25 heavy (non-hydrogen) atoms. The standard InChI is InChI=1S/C15H20IN7OSi/c1-25(2,3)7-6-24-10-23-13-12(14(16)22-23)19-9-20-15(13)21-11-8-17-4-5-18-11/h4-5,8-9H,6-7,10H2,1-3H3,(H,18,19,20,21). The quantitative estimate of drug-likeness (QED) is 0.323. The molecule has 0 spiro atoms. The van der Waals surface area contributed by atoms with Crippen LogP contribution in [-0.4, -0.2) is 44.4 Å². The van der Waals surface area contributed by atoms with Crippen molar-refractivity contribution in [3.63, 3.8) is 0 Å². The Labute approximate surface area is 160 Å². The number of aromatic nitrogens is 6. The van der Waals surface area contributed by atoms with Gasteiger partial charge in [-0.3, -0.25) is 4.98 Å². The summed E-state index contributed by atoms with van der Waals surface area (Å²) >= 11 is 2.17. The highest BCUT2D eigenvalue weighted by atomic mass is 127. The van der Waals surface area contributed by atoms with E-state index in [9.17, 15) is 0 Å². The maximum atomic E-state index is 5.84. The predicted octanol–water partition coefficient (Wildman–Crippen LogP) is 3.28. The number of hydrogen-bond donors (Lipinski definition) is 1. The van der Waals surface area contributed by atoms with Crippen molar-refractivity contribution in [2.24, 2.45) is 0 Å². The maximum absolute atomic E-state index is 5.84. The Kier molecular flexibility index (Phi) is 5.59. The van der Waals surface area contributed by atoms with Crippen LogP contribution >= 0.6 is 22.6 Å². The van der Waals surface area contributed by atoms with Crippen molar-refractivity contribution >= 4 is 53.3 Å². The largest absolute Gasteiger partial charge is 0.360 e. The van der Waals surface area contributed by atoms with Gasteiger partial charge in [0.25, 0.3) is 0 Å². The summed E-state index contributed by atoms with van der Waals surface area (Å²) < 4.78 is 8.45. The minimum absolute atomic E-state index is 0.368. The SMILES string of the molecule is C[Si](C)(C)CCOCn1nc(I)c2ncnc(Nc3cnccn3)c21. The van der Waals surface area contributed by atoms with Crippen LogP contribution in [0.3, 0.4) is 0 Å². The van der Waals surface area contributed by atoms with Crippen LogP contribution in [0.1, 0.15) is 0 Å². The second kappa shape index (κ2) is 7.70. The van der Waals surface area contributed by atoms with Crippen molar-refractivity contribution in [1.82, 2.24) is 29.7 Å². The van der Waals surface area contributed by atoms with Crippen molar-refractivity contribution < 1.29 is 4.74 Å². The molecule has 0 amide bonds. The lowest BCUT2D eigenvalue weighted by molar-refractivity contribution is 0.0814. The van der Waals surface area contributed by atoms with Gasteiger partial charge in [-0.2, -0.15) is 5.10 Å². The predicted molar refractivity (Wildman–Crippen MR) is 107 cm³/mol. The van der Waals surface area contributed by atoms with Gasteiger partial charge in [0.2, 0.25) is 0 Å². The molecule has 0 saturated heterocycles. The van der Waals surface area contributed by atoms with Gasteiger partial charge in [-0.1, -0.05) is 19.6 Å². The number of nitrogens with zero attached hydrogens (tertiary/aromatic N) is 6. The van der Waals surface area contributed by atoms with Crippen LogP contribution in [-0.2, 0) is 11.5 Å². The Balaban J connectivity index is 1.83. The van der Waals surface area contributed by atoms with Gasteiger partial charge in [0.1, 0.15) is 33.6 Å². The molecule has 0 aliphatic heterocycles. The molecule has 8 nitrogen and oxygen atoms in total. The second-order valence-electron chi connectivity index (χ2n) is 6.77. The third kappa shape index (κ3) is 4.70. The first kappa shape index (κ1) is 18.1. The van der Waals surface area contributed by atoms with Gasteiger partial charge >= 0.3 is 0 Å². The van der Waals surface area contributed by atoms with Gasteiger partial charge in [-0.15, -0.1) is 0 Å². The number of rotatable bonds is 7. The van der Waals surface area contributed by atoms with Gasteiger partial charge in [0.15, 0.2) is 5.82 Å². The van der Waals surface area contributed by atoms with Crippen LogP contribution in [0.4, 0.5) is 11.6 Å². The zero-order valence-corrected chi connectivity index (χ0v) is 17.6. The van der Waals surface area contributed by atoms with Gasteiger partial charge in [0, 0.05) is 27.1 Å². The summed E-state index contributed by atoms with van der Waals surface area (Å²) in [7, 11) is -1.11. The van der Waals surface area contributed by atoms with Crippen molar-refractivity contribution in [3.05, 3.63) is 28.6 Å². The van der Waals surface area contributed by atoms with Crippen LogP contribution in [0.2, 0.25) is 25.7 Å². The molecule has 0 atom stereocenters. The average molecular weight is 469 g/mol. The molecule has 0 aliphatic rings. The lowest BCUT2D eigenvalue weighted by Gasteiger charge is -2.15. The highest BCUT2D eigenvalue weighted by Gasteiger charge is 2.16.